The van der Waals surface area contributed by atoms with Gasteiger partial charge in [-0.15, -0.1) is 24.0 Å². The van der Waals surface area contributed by atoms with Gasteiger partial charge >= 0.3 is 0 Å². The van der Waals surface area contributed by atoms with Gasteiger partial charge in [-0.3, -0.25) is 4.99 Å². The molecule has 2 rings (SSSR count). The lowest BCUT2D eigenvalue weighted by Gasteiger charge is -2.14. The molecule has 0 aliphatic heterocycles. The second kappa shape index (κ2) is 13.5. The van der Waals surface area contributed by atoms with Crippen LogP contribution in [0.3, 0.4) is 0 Å². The van der Waals surface area contributed by atoms with Crippen LogP contribution < -0.4 is 15.4 Å². The van der Waals surface area contributed by atoms with Crippen molar-refractivity contribution in [1.29, 1.82) is 0 Å². The molecular weight excluding hydrogens is 532 g/mol. The first-order chi connectivity index (χ1) is 14.4. The summed E-state index contributed by atoms with van der Waals surface area (Å²) in [5, 5.41) is 6.12. The van der Waals surface area contributed by atoms with Crippen molar-refractivity contribution in [1.82, 2.24) is 10.6 Å². The number of sulfone groups is 1. The molecule has 0 spiro atoms. The van der Waals surface area contributed by atoms with Crippen LogP contribution in [0.1, 0.15) is 31.7 Å². The Balaban J connectivity index is 0.00000480. The number of halogens is 2. The monoisotopic (exact) mass is 563 g/mol. The van der Waals surface area contributed by atoms with Crippen molar-refractivity contribution in [2.24, 2.45) is 4.99 Å². The minimum absolute atomic E-state index is 0. The molecular formula is C22H31FIN3O3S. The zero-order valence-electron chi connectivity index (χ0n) is 18.1. The van der Waals surface area contributed by atoms with Crippen LogP contribution in [0, 0.1) is 5.82 Å². The van der Waals surface area contributed by atoms with Gasteiger partial charge in [0.05, 0.1) is 12.9 Å². The topological polar surface area (TPSA) is 79.8 Å². The first-order valence-electron chi connectivity index (χ1n) is 10.0. The summed E-state index contributed by atoms with van der Waals surface area (Å²) in [6.45, 7) is 5.45. The Hall–Kier alpha value is -1.88. The number of nitrogens with one attached hydrogen (secondary N) is 2. The highest BCUT2D eigenvalue weighted by Gasteiger charge is 2.18. The van der Waals surface area contributed by atoms with E-state index in [2.05, 4.69) is 22.5 Å². The van der Waals surface area contributed by atoms with Crippen LogP contribution >= 0.6 is 24.0 Å². The molecule has 0 amide bonds. The Morgan fingerprint density at radius 3 is 2.42 bits per heavy atom. The van der Waals surface area contributed by atoms with Gasteiger partial charge in [0, 0.05) is 19.6 Å². The molecule has 9 heteroatoms. The first kappa shape index (κ1) is 27.2. The Bertz CT molecular complexity index is 937. The lowest BCUT2D eigenvalue weighted by atomic mass is 9.98. The van der Waals surface area contributed by atoms with Crippen LogP contribution in [0.4, 0.5) is 4.39 Å². The Kier molecular flexibility index (Phi) is 11.8. The minimum Gasteiger partial charge on any atom is -0.497 e. The van der Waals surface area contributed by atoms with Gasteiger partial charge in [-0.2, -0.15) is 0 Å². The minimum atomic E-state index is -3.71. The fraction of sp³-hybridized carbons (Fsp3) is 0.409. The molecule has 0 saturated heterocycles. The molecule has 2 aromatic carbocycles. The van der Waals surface area contributed by atoms with Crippen molar-refractivity contribution in [2.45, 2.75) is 31.1 Å². The summed E-state index contributed by atoms with van der Waals surface area (Å²) in [5.41, 5.74) is 1.21. The highest BCUT2D eigenvalue weighted by molar-refractivity contribution is 14.0. The number of hydrogen-bond donors (Lipinski definition) is 2. The van der Waals surface area contributed by atoms with Crippen LogP contribution in [0.5, 0.6) is 5.75 Å². The highest BCUT2D eigenvalue weighted by atomic mass is 127. The lowest BCUT2D eigenvalue weighted by molar-refractivity contribution is 0.414. The fourth-order valence-electron chi connectivity index (χ4n) is 2.92. The van der Waals surface area contributed by atoms with E-state index in [4.69, 9.17) is 4.74 Å². The van der Waals surface area contributed by atoms with Crippen LogP contribution in [-0.4, -0.2) is 46.9 Å². The van der Waals surface area contributed by atoms with Crippen LogP contribution in [0.25, 0.3) is 0 Å². The third-order valence-corrected chi connectivity index (χ3v) is 6.44. The third-order valence-electron chi connectivity index (χ3n) is 4.70. The predicted molar refractivity (Wildman–Crippen MR) is 134 cm³/mol. The SMILES string of the molecule is CCNC(=NCCC(C)c1ccc(OC)cc1)NCCS(=O)(=O)c1ccccc1F.I. The fourth-order valence-corrected chi connectivity index (χ4v) is 4.16. The molecule has 0 aliphatic carbocycles. The van der Waals surface area contributed by atoms with Crippen LogP contribution in [0.15, 0.2) is 58.4 Å². The van der Waals surface area contributed by atoms with E-state index in [9.17, 15) is 12.8 Å². The van der Waals surface area contributed by atoms with Crippen LogP contribution in [0.2, 0.25) is 0 Å². The predicted octanol–water partition coefficient (Wildman–Crippen LogP) is 3.97. The van der Waals surface area contributed by atoms with Crippen molar-refractivity contribution in [3.05, 3.63) is 59.9 Å². The van der Waals surface area contributed by atoms with Gasteiger partial charge in [0.1, 0.15) is 16.5 Å². The molecule has 0 bridgehead atoms. The lowest BCUT2D eigenvalue weighted by Crippen LogP contribution is -2.39. The molecule has 0 heterocycles. The molecule has 6 nitrogen and oxygen atoms in total. The number of ether oxygens (including phenoxy) is 1. The Morgan fingerprint density at radius 1 is 1.13 bits per heavy atom. The molecule has 0 aromatic heterocycles. The number of hydrogen-bond acceptors (Lipinski definition) is 4. The van der Waals surface area contributed by atoms with Gasteiger partial charge < -0.3 is 15.4 Å². The van der Waals surface area contributed by atoms with E-state index in [0.717, 1.165) is 18.2 Å². The normalized spacial score (nSPS) is 12.6. The standard InChI is InChI=1S/C22H30FN3O3S.HI/c1-4-24-22(25-14-13-17(2)18-9-11-19(29-3)12-10-18)26-15-16-30(27,28)21-8-6-5-7-20(21)23;/h5-12,17H,4,13-16H2,1-3H3,(H2,24,25,26);1H. The summed E-state index contributed by atoms with van der Waals surface area (Å²) >= 11 is 0. The Labute approximate surface area is 201 Å². The molecule has 0 radical (unpaired) electrons. The van der Waals surface area contributed by atoms with E-state index in [1.54, 1.807) is 7.11 Å². The summed E-state index contributed by atoms with van der Waals surface area (Å²) in [5.74, 6) is 0.742. The van der Waals surface area contributed by atoms with Crippen molar-refractivity contribution < 1.29 is 17.5 Å². The molecule has 0 aliphatic rings. The largest absolute Gasteiger partial charge is 0.497 e. The van der Waals surface area contributed by atoms with Crippen molar-refractivity contribution in [3.63, 3.8) is 0 Å². The number of benzene rings is 2. The van der Waals surface area contributed by atoms with Crippen molar-refractivity contribution in [3.8, 4) is 5.75 Å². The number of methoxy groups -OCH3 is 1. The maximum absolute atomic E-state index is 13.8. The van der Waals surface area contributed by atoms with E-state index in [0.29, 0.717) is 25.0 Å². The Morgan fingerprint density at radius 2 is 1.81 bits per heavy atom. The van der Waals surface area contributed by atoms with E-state index in [1.165, 1.54) is 23.8 Å². The van der Waals surface area contributed by atoms with E-state index in [1.807, 2.05) is 31.2 Å². The zero-order chi connectivity index (χ0) is 22.0. The molecule has 1 atom stereocenters. The summed E-state index contributed by atoms with van der Waals surface area (Å²) in [7, 11) is -2.06. The van der Waals surface area contributed by atoms with Gasteiger partial charge in [0.15, 0.2) is 15.8 Å². The second-order valence-corrected chi connectivity index (χ2v) is 8.98. The van der Waals surface area contributed by atoms with E-state index < -0.39 is 15.7 Å². The van der Waals surface area contributed by atoms with Gasteiger partial charge in [-0.25, -0.2) is 12.8 Å². The maximum Gasteiger partial charge on any atom is 0.191 e. The molecule has 31 heavy (non-hydrogen) atoms. The molecule has 1 unspecified atom stereocenters. The van der Waals surface area contributed by atoms with Gasteiger partial charge in [0.2, 0.25) is 0 Å². The average molecular weight is 563 g/mol. The van der Waals surface area contributed by atoms with E-state index >= 15 is 0 Å². The van der Waals surface area contributed by atoms with Gasteiger partial charge in [-0.05, 0) is 49.1 Å². The summed E-state index contributed by atoms with van der Waals surface area (Å²) in [6, 6.07) is 13.4. The maximum atomic E-state index is 13.8. The number of guanidine groups is 1. The average Bonchev–Trinajstić information content (AvgIpc) is 2.73. The molecule has 0 saturated carbocycles. The second-order valence-electron chi connectivity index (χ2n) is 6.90. The highest BCUT2D eigenvalue weighted by Crippen LogP contribution is 2.21. The number of rotatable bonds is 10. The van der Waals surface area contributed by atoms with E-state index in [-0.39, 0.29) is 41.2 Å². The van der Waals surface area contributed by atoms with Crippen molar-refractivity contribution in [2.75, 3.05) is 32.5 Å². The molecule has 2 N–H and O–H groups in total. The first-order valence-corrected chi connectivity index (χ1v) is 11.7. The molecule has 172 valence electrons. The third kappa shape index (κ3) is 8.64. The van der Waals surface area contributed by atoms with Crippen molar-refractivity contribution >= 4 is 39.8 Å². The zero-order valence-corrected chi connectivity index (χ0v) is 21.2. The van der Waals surface area contributed by atoms with Gasteiger partial charge in [-0.1, -0.05) is 31.2 Å². The smallest absolute Gasteiger partial charge is 0.191 e. The summed E-state index contributed by atoms with van der Waals surface area (Å²) in [6.07, 6.45) is 0.844. The quantitative estimate of drug-likeness (QED) is 0.260. The summed E-state index contributed by atoms with van der Waals surface area (Å²) in [4.78, 5) is 4.25. The molecule has 0 fully saturated rings. The number of aliphatic imine (C=N–C) groups is 1. The number of nitrogens with zero attached hydrogens (tertiary/aromatic N) is 1. The molecule has 2 aromatic rings. The summed E-state index contributed by atoms with van der Waals surface area (Å²) < 4.78 is 43.7. The van der Waals surface area contributed by atoms with Crippen LogP contribution in [-0.2, 0) is 9.84 Å². The van der Waals surface area contributed by atoms with Gasteiger partial charge in [0.25, 0.3) is 0 Å².